The highest BCUT2D eigenvalue weighted by molar-refractivity contribution is 6.06. The van der Waals surface area contributed by atoms with Crippen LogP contribution >= 0.6 is 0 Å². The van der Waals surface area contributed by atoms with Gasteiger partial charge in [0.05, 0.1) is 11.6 Å². The Hall–Kier alpha value is -2.87. The van der Waals surface area contributed by atoms with Gasteiger partial charge in [0, 0.05) is 29.5 Å². The molecule has 2 N–H and O–H groups in total. The zero-order chi connectivity index (χ0) is 15.6. The standard InChI is InChI=1S/C16H14FN3O/c1-10-14(17)7-12(8-15(10)19)16(21)20(2)13-5-3-4-11(6-13)9-18/h3-8H,19H2,1-2H3. The lowest BCUT2D eigenvalue weighted by Gasteiger charge is -2.18. The Morgan fingerprint density at radius 1 is 1.33 bits per heavy atom. The number of carbonyl (C=O) groups is 1. The van der Waals surface area contributed by atoms with Crippen LogP contribution < -0.4 is 10.6 Å². The molecule has 5 heteroatoms. The monoisotopic (exact) mass is 283 g/mol. The highest BCUT2D eigenvalue weighted by Gasteiger charge is 2.16. The van der Waals surface area contributed by atoms with Gasteiger partial charge in [-0.2, -0.15) is 5.26 Å². The lowest BCUT2D eigenvalue weighted by molar-refractivity contribution is 0.0992. The average molecular weight is 283 g/mol. The molecule has 0 aliphatic rings. The molecule has 0 unspecified atom stereocenters. The SMILES string of the molecule is Cc1c(N)cc(C(=O)N(C)c2cccc(C#N)c2)cc1F. The Morgan fingerprint density at radius 2 is 2.05 bits per heavy atom. The summed E-state index contributed by atoms with van der Waals surface area (Å²) in [7, 11) is 1.56. The fraction of sp³-hybridized carbons (Fsp3) is 0.125. The van der Waals surface area contributed by atoms with Gasteiger partial charge in [0.2, 0.25) is 0 Å². The van der Waals surface area contributed by atoms with E-state index in [0.29, 0.717) is 16.8 Å². The summed E-state index contributed by atoms with van der Waals surface area (Å²) >= 11 is 0. The molecule has 0 saturated heterocycles. The van der Waals surface area contributed by atoms with Crippen molar-refractivity contribution in [3.05, 3.63) is 58.9 Å². The van der Waals surface area contributed by atoms with E-state index in [1.54, 1.807) is 38.2 Å². The van der Waals surface area contributed by atoms with Crippen LogP contribution in [0.1, 0.15) is 21.5 Å². The van der Waals surface area contributed by atoms with Gasteiger partial charge in [-0.05, 0) is 37.3 Å². The minimum Gasteiger partial charge on any atom is -0.398 e. The number of nitrogen functional groups attached to an aromatic ring is 1. The predicted octanol–water partition coefficient (Wildman–Crippen LogP) is 2.86. The van der Waals surface area contributed by atoms with Gasteiger partial charge >= 0.3 is 0 Å². The van der Waals surface area contributed by atoms with E-state index in [1.165, 1.54) is 17.0 Å². The zero-order valence-electron chi connectivity index (χ0n) is 11.7. The number of anilines is 2. The molecule has 0 atom stereocenters. The Bertz CT molecular complexity index is 726. The largest absolute Gasteiger partial charge is 0.398 e. The highest BCUT2D eigenvalue weighted by Crippen LogP contribution is 2.21. The minimum absolute atomic E-state index is 0.167. The first-order chi connectivity index (χ1) is 9.93. The number of hydrogen-bond acceptors (Lipinski definition) is 3. The molecular formula is C16H14FN3O. The van der Waals surface area contributed by atoms with Crippen LogP contribution in [0.25, 0.3) is 0 Å². The maximum atomic E-state index is 13.7. The van der Waals surface area contributed by atoms with Crippen LogP contribution in [-0.2, 0) is 0 Å². The number of carbonyl (C=O) groups excluding carboxylic acids is 1. The molecule has 4 nitrogen and oxygen atoms in total. The van der Waals surface area contributed by atoms with Gasteiger partial charge < -0.3 is 10.6 Å². The van der Waals surface area contributed by atoms with Crippen molar-refractivity contribution in [1.29, 1.82) is 5.26 Å². The molecule has 0 aliphatic carbocycles. The molecule has 106 valence electrons. The molecule has 2 rings (SSSR count). The minimum atomic E-state index is -0.516. The first-order valence-electron chi connectivity index (χ1n) is 6.28. The van der Waals surface area contributed by atoms with Crippen LogP contribution in [0.15, 0.2) is 36.4 Å². The van der Waals surface area contributed by atoms with Crippen molar-refractivity contribution in [2.24, 2.45) is 0 Å². The third-order valence-corrected chi connectivity index (χ3v) is 3.30. The Balaban J connectivity index is 2.37. The molecule has 0 aliphatic heterocycles. The molecule has 21 heavy (non-hydrogen) atoms. The number of hydrogen-bond donors (Lipinski definition) is 1. The van der Waals surface area contributed by atoms with E-state index >= 15 is 0 Å². The van der Waals surface area contributed by atoms with E-state index < -0.39 is 11.7 Å². The van der Waals surface area contributed by atoms with Gasteiger partial charge in [0.15, 0.2) is 0 Å². The molecule has 0 spiro atoms. The highest BCUT2D eigenvalue weighted by atomic mass is 19.1. The van der Waals surface area contributed by atoms with Crippen molar-refractivity contribution in [1.82, 2.24) is 0 Å². The van der Waals surface area contributed by atoms with E-state index in [-0.39, 0.29) is 11.3 Å². The zero-order valence-corrected chi connectivity index (χ0v) is 11.7. The number of benzene rings is 2. The summed E-state index contributed by atoms with van der Waals surface area (Å²) in [5.74, 6) is -0.909. The predicted molar refractivity (Wildman–Crippen MR) is 79.4 cm³/mol. The van der Waals surface area contributed by atoms with Crippen molar-refractivity contribution >= 4 is 17.3 Å². The summed E-state index contributed by atoms with van der Waals surface area (Å²) in [6.45, 7) is 1.55. The fourth-order valence-corrected chi connectivity index (χ4v) is 1.92. The van der Waals surface area contributed by atoms with Gasteiger partial charge in [-0.1, -0.05) is 6.07 Å². The van der Waals surface area contributed by atoms with Gasteiger partial charge in [-0.25, -0.2) is 4.39 Å². The van der Waals surface area contributed by atoms with E-state index in [2.05, 4.69) is 0 Å². The summed E-state index contributed by atoms with van der Waals surface area (Å²) in [6, 6.07) is 11.2. The third-order valence-electron chi connectivity index (χ3n) is 3.30. The third kappa shape index (κ3) is 2.84. The van der Waals surface area contributed by atoms with Crippen LogP contribution in [0.4, 0.5) is 15.8 Å². The number of amides is 1. The van der Waals surface area contributed by atoms with Crippen LogP contribution in [0.3, 0.4) is 0 Å². The van der Waals surface area contributed by atoms with Gasteiger partial charge in [-0.15, -0.1) is 0 Å². The second-order valence-corrected chi connectivity index (χ2v) is 4.70. The number of rotatable bonds is 2. The smallest absolute Gasteiger partial charge is 0.258 e. The molecule has 0 bridgehead atoms. The molecule has 0 heterocycles. The van der Waals surface area contributed by atoms with Crippen molar-refractivity contribution in [2.75, 3.05) is 17.7 Å². The van der Waals surface area contributed by atoms with Crippen LogP contribution in [0.2, 0.25) is 0 Å². The molecule has 0 fully saturated rings. The maximum absolute atomic E-state index is 13.7. The van der Waals surface area contributed by atoms with E-state index in [4.69, 9.17) is 11.0 Å². The molecule has 0 saturated carbocycles. The molecule has 0 radical (unpaired) electrons. The second kappa shape index (κ2) is 5.63. The second-order valence-electron chi connectivity index (χ2n) is 4.70. The van der Waals surface area contributed by atoms with E-state index in [9.17, 15) is 9.18 Å². The fourth-order valence-electron chi connectivity index (χ4n) is 1.92. The summed E-state index contributed by atoms with van der Waals surface area (Å²) in [5, 5.41) is 8.88. The molecule has 2 aromatic rings. The molecular weight excluding hydrogens is 269 g/mol. The number of halogens is 1. The average Bonchev–Trinajstić information content (AvgIpc) is 2.50. The van der Waals surface area contributed by atoms with Gasteiger partial charge in [-0.3, -0.25) is 4.79 Å². The quantitative estimate of drug-likeness (QED) is 0.861. The Morgan fingerprint density at radius 3 is 2.67 bits per heavy atom. The molecule has 2 aromatic carbocycles. The molecule has 0 aromatic heterocycles. The maximum Gasteiger partial charge on any atom is 0.258 e. The summed E-state index contributed by atoms with van der Waals surface area (Å²) in [6.07, 6.45) is 0. The number of nitrogens with zero attached hydrogens (tertiary/aromatic N) is 2. The first-order valence-corrected chi connectivity index (χ1v) is 6.28. The van der Waals surface area contributed by atoms with Gasteiger partial charge in [0.25, 0.3) is 5.91 Å². The summed E-state index contributed by atoms with van der Waals surface area (Å²) < 4.78 is 13.7. The van der Waals surface area contributed by atoms with Crippen LogP contribution in [0, 0.1) is 24.1 Å². The number of nitrogens with two attached hydrogens (primary N) is 1. The summed E-state index contributed by atoms with van der Waals surface area (Å²) in [4.78, 5) is 13.7. The summed E-state index contributed by atoms with van der Waals surface area (Å²) in [5.41, 5.74) is 7.41. The van der Waals surface area contributed by atoms with E-state index in [0.717, 1.165) is 0 Å². The van der Waals surface area contributed by atoms with Crippen LogP contribution in [-0.4, -0.2) is 13.0 Å². The normalized spacial score (nSPS) is 10.0. The lowest BCUT2D eigenvalue weighted by atomic mass is 10.1. The van der Waals surface area contributed by atoms with Crippen molar-refractivity contribution in [2.45, 2.75) is 6.92 Å². The van der Waals surface area contributed by atoms with Gasteiger partial charge in [0.1, 0.15) is 5.82 Å². The topological polar surface area (TPSA) is 70.1 Å². The van der Waals surface area contributed by atoms with Crippen molar-refractivity contribution < 1.29 is 9.18 Å². The number of nitriles is 1. The van der Waals surface area contributed by atoms with E-state index in [1.807, 2.05) is 6.07 Å². The van der Waals surface area contributed by atoms with Crippen molar-refractivity contribution in [3.63, 3.8) is 0 Å². The lowest BCUT2D eigenvalue weighted by Crippen LogP contribution is -2.26. The first kappa shape index (κ1) is 14.5. The van der Waals surface area contributed by atoms with Crippen molar-refractivity contribution in [3.8, 4) is 6.07 Å². The molecule has 1 amide bonds. The Kier molecular flexibility index (Phi) is 3.90. The Labute approximate surface area is 122 Å². The van der Waals surface area contributed by atoms with Crippen LogP contribution in [0.5, 0.6) is 0 Å².